The fourth-order valence-corrected chi connectivity index (χ4v) is 3.72. The normalized spacial score (nSPS) is 11.9. The second kappa shape index (κ2) is 14.1. The van der Waals surface area contributed by atoms with E-state index >= 15 is 0 Å². The Balaban J connectivity index is 5.54. The third-order valence-corrected chi connectivity index (χ3v) is 4.80. The van der Waals surface area contributed by atoms with Crippen LogP contribution >= 0.6 is 0 Å². The van der Waals surface area contributed by atoms with Gasteiger partial charge in [-0.05, 0) is 64.2 Å². The van der Waals surface area contributed by atoms with Crippen LogP contribution in [0.4, 0.5) is 0 Å². The van der Waals surface area contributed by atoms with Gasteiger partial charge in [-0.1, -0.05) is 24.3 Å². The molecule has 0 aliphatic carbocycles. The number of hydrogen-bond acceptors (Lipinski definition) is 3. The Morgan fingerprint density at radius 1 is 0.600 bits per heavy atom. The maximum atomic E-state index is 9.16. The molecule has 0 saturated heterocycles. The van der Waals surface area contributed by atoms with Gasteiger partial charge in [-0.3, -0.25) is 0 Å². The van der Waals surface area contributed by atoms with Gasteiger partial charge in [-0.2, -0.15) is 0 Å². The van der Waals surface area contributed by atoms with E-state index in [1.807, 2.05) is 24.3 Å². The molecule has 0 aliphatic heterocycles. The molecule has 0 radical (unpaired) electrons. The van der Waals surface area contributed by atoms with Crippen LogP contribution in [-0.4, -0.2) is 34.5 Å². The second-order valence-electron chi connectivity index (χ2n) is 7.02. The summed E-state index contributed by atoms with van der Waals surface area (Å²) in [7, 11) is 0. The number of unbranched alkanes of at least 4 members (excludes halogenated alkanes) is 2. The minimum Gasteiger partial charge on any atom is -0.396 e. The number of hydrogen-bond donors (Lipinski definition) is 3. The van der Waals surface area contributed by atoms with Crippen molar-refractivity contribution in [1.82, 2.24) is 5.32 Å². The highest BCUT2D eigenvalue weighted by Gasteiger charge is 2.37. The highest BCUT2D eigenvalue weighted by molar-refractivity contribution is 5.07. The first-order valence-corrected chi connectivity index (χ1v) is 9.52. The Labute approximate surface area is 155 Å². The van der Waals surface area contributed by atoms with Crippen molar-refractivity contribution in [2.24, 2.45) is 0 Å². The van der Waals surface area contributed by atoms with Crippen molar-refractivity contribution in [3.63, 3.8) is 0 Å². The predicted octanol–water partition coefficient (Wildman–Crippen LogP) is 4.68. The largest absolute Gasteiger partial charge is 0.396 e. The van der Waals surface area contributed by atoms with E-state index in [2.05, 4.69) is 31.6 Å². The predicted molar refractivity (Wildman–Crippen MR) is 110 cm³/mol. The summed E-state index contributed by atoms with van der Waals surface area (Å²) in [5.74, 6) is 0. The summed E-state index contributed by atoms with van der Waals surface area (Å²) in [5, 5.41) is 22.3. The topological polar surface area (TPSA) is 52.5 Å². The number of nitrogens with one attached hydrogen (secondary N) is 1. The van der Waals surface area contributed by atoms with Gasteiger partial charge >= 0.3 is 0 Å². The molecule has 25 heavy (non-hydrogen) atoms. The molecule has 0 fully saturated rings. The van der Waals surface area contributed by atoms with E-state index in [0.717, 1.165) is 64.2 Å². The van der Waals surface area contributed by atoms with Crippen LogP contribution in [0.25, 0.3) is 0 Å². The van der Waals surface area contributed by atoms with Gasteiger partial charge in [-0.15, -0.1) is 26.3 Å². The lowest BCUT2D eigenvalue weighted by Crippen LogP contribution is -2.57. The maximum Gasteiger partial charge on any atom is 0.0431 e. The minimum absolute atomic E-state index is 0.121. The molecule has 0 heterocycles. The molecule has 0 aromatic heterocycles. The highest BCUT2D eigenvalue weighted by atomic mass is 16.3. The quantitative estimate of drug-likeness (QED) is 0.249. The van der Waals surface area contributed by atoms with Crippen LogP contribution < -0.4 is 5.32 Å². The molecular formula is C22H39NO2. The summed E-state index contributed by atoms with van der Waals surface area (Å²) in [4.78, 5) is 0. The van der Waals surface area contributed by atoms with Gasteiger partial charge < -0.3 is 15.5 Å². The SMILES string of the molecule is C=CCC(CC=C)(CCCCO)NC(CC=C)(CC=C)CCCCO. The van der Waals surface area contributed by atoms with Crippen LogP contribution in [0.3, 0.4) is 0 Å². The fourth-order valence-electron chi connectivity index (χ4n) is 3.72. The Hall–Kier alpha value is -1.16. The lowest BCUT2D eigenvalue weighted by molar-refractivity contribution is 0.168. The van der Waals surface area contributed by atoms with Crippen molar-refractivity contribution in [3.05, 3.63) is 50.6 Å². The van der Waals surface area contributed by atoms with Crippen LogP contribution in [0.1, 0.15) is 64.2 Å². The summed E-state index contributed by atoms with van der Waals surface area (Å²) in [5.41, 5.74) is -0.242. The van der Waals surface area contributed by atoms with Crippen molar-refractivity contribution in [2.75, 3.05) is 13.2 Å². The smallest absolute Gasteiger partial charge is 0.0431 e. The van der Waals surface area contributed by atoms with Crippen LogP contribution in [-0.2, 0) is 0 Å². The summed E-state index contributed by atoms with van der Waals surface area (Å²) < 4.78 is 0. The molecule has 0 aliphatic rings. The Kier molecular flexibility index (Phi) is 13.4. The average Bonchev–Trinajstić information content (AvgIpc) is 2.56. The Bertz CT molecular complexity index is 333. The van der Waals surface area contributed by atoms with Crippen LogP contribution in [0.15, 0.2) is 50.6 Å². The zero-order valence-electron chi connectivity index (χ0n) is 16.0. The summed E-state index contributed by atoms with van der Waals surface area (Å²) in [6.07, 6.45) is 16.7. The van der Waals surface area contributed by atoms with E-state index in [0.29, 0.717) is 0 Å². The van der Waals surface area contributed by atoms with Gasteiger partial charge in [0.05, 0.1) is 0 Å². The Morgan fingerprint density at radius 2 is 0.920 bits per heavy atom. The molecule has 0 unspecified atom stereocenters. The molecule has 3 nitrogen and oxygen atoms in total. The molecule has 0 aromatic carbocycles. The van der Waals surface area contributed by atoms with E-state index in [-0.39, 0.29) is 24.3 Å². The van der Waals surface area contributed by atoms with Gasteiger partial charge in [0.25, 0.3) is 0 Å². The van der Waals surface area contributed by atoms with Gasteiger partial charge in [0.1, 0.15) is 0 Å². The number of aliphatic hydroxyl groups is 2. The van der Waals surface area contributed by atoms with Crippen LogP contribution in [0.2, 0.25) is 0 Å². The minimum atomic E-state index is -0.121. The number of rotatable bonds is 18. The Morgan fingerprint density at radius 3 is 1.16 bits per heavy atom. The molecule has 0 aromatic rings. The maximum absolute atomic E-state index is 9.16. The third-order valence-electron chi connectivity index (χ3n) is 4.80. The standard InChI is InChI=1S/C22H39NO2/c1-5-13-21(14-6-2,17-9-11-19-24)23-22(15-7-3,16-8-4)18-10-12-20-25/h5-8,23-25H,1-4,9-20H2. The zero-order valence-corrected chi connectivity index (χ0v) is 16.0. The second-order valence-corrected chi connectivity index (χ2v) is 7.02. The lowest BCUT2D eigenvalue weighted by Gasteiger charge is -2.45. The first kappa shape index (κ1) is 23.8. The number of aliphatic hydroxyl groups excluding tert-OH is 2. The van der Waals surface area contributed by atoms with Crippen molar-refractivity contribution < 1.29 is 10.2 Å². The van der Waals surface area contributed by atoms with E-state index in [4.69, 9.17) is 10.2 Å². The van der Waals surface area contributed by atoms with Gasteiger partial charge in [-0.25, -0.2) is 0 Å². The van der Waals surface area contributed by atoms with E-state index < -0.39 is 0 Å². The molecule has 0 atom stereocenters. The van der Waals surface area contributed by atoms with E-state index in [1.165, 1.54) is 0 Å². The molecule has 0 bridgehead atoms. The summed E-state index contributed by atoms with van der Waals surface area (Å²) >= 11 is 0. The van der Waals surface area contributed by atoms with E-state index in [1.54, 1.807) is 0 Å². The summed E-state index contributed by atoms with van der Waals surface area (Å²) in [6, 6.07) is 0. The monoisotopic (exact) mass is 349 g/mol. The fraction of sp³-hybridized carbons (Fsp3) is 0.636. The van der Waals surface area contributed by atoms with Crippen LogP contribution in [0, 0.1) is 0 Å². The highest BCUT2D eigenvalue weighted by Crippen LogP contribution is 2.33. The molecular weight excluding hydrogens is 310 g/mol. The van der Waals surface area contributed by atoms with Crippen molar-refractivity contribution in [1.29, 1.82) is 0 Å². The lowest BCUT2D eigenvalue weighted by atomic mass is 9.78. The third kappa shape index (κ3) is 9.20. The van der Waals surface area contributed by atoms with Gasteiger partial charge in [0, 0.05) is 24.3 Å². The van der Waals surface area contributed by atoms with Crippen molar-refractivity contribution in [3.8, 4) is 0 Å². The zero-order chi connectivity index (χ0) is 19.0. The van der Waals surface area contributed by atoms with Crippen molar-refractivity contribution in [2.45, 2.75) is 75.3 Å². The van der Waals surface area contributed by atoms with Gasteiger partial charge in [0.2, 0.25) is 0 Å². The average molecular weight is 350 g/mol. The van der Waals surface area contributed by atoms with Gasteiger partial charge in [0.15, 0.2) is 0 Å². The van der Waals surface area contributed by atoms with Crippen LogP contribution in [0.5, 0.6) is 0 Å². The molecule has 0 rings (SSSR count). The molecule has 0 saturated carbocycles. The molecule has 3 heteroatoms. The molecule has 144 valence electrons. The first-order chi connectivity index (χ1) is 12.1. The first-order valence-electron chi connectivity index (χ1n) is 9.52. The van der Waals surface area contributed by atoms with E-state index in [9.17, 15) is 0 Å². The molecule has 3 N–H and O–H groups in total. The molecule has 0 amide bonds. The van der Waals surface area contributed by atoms with Crippen molar-refractivity contribution >= 4 is 0 Å². The summed E-state index contributed by atoms with van der Waals surface area (Å²) in [6.45, 7) is 16.3. The molecule has 0 spiro atoms.